The number of ether oxygens (including phenoxy) is 2. The predicted octanol–water partition coefficient (Wildman–Crippen LogP) is 18.1. The van der Waals surface area contributed by atoms with Gasteiger partial charge in [-0.3, -0.25) is 13.8 Å². The Hall–Kier alpha value is -1.28. The Morgan fingerprint density at radius 2 is 0.821 bits per heavy atom. The van der Waals surface area contributed by atoms with Gasteiger partial charge in [0.25, 0.3) is 0 Å². The number of unbranched alkanes of at least 4 members (excludes halogenated alkanes) is 34. The number of hydrogen-bond donors (Lipinski definition) is 1. The van der Waals surface area contributed by atoms with E-state index in [9.17, 15) is 14.3 Å². The van der Waals surface area contributed by atoms with Crippen LogP contribution < -0.4 is 0 Å². The van der Waals surface area contributed by atoms with Crippen LogP contribution in [0, 0.1) is 0 Å². The zero-order valence-corrected chi connectivity index (χ0v) is 46.0. The Labute approximate surface area is 416 Å². The van der Waals surface area contributed by atoms with E-state index in [1.165, 1.54) is 212 Å². The molecule has 396 valence electrons. The van der Waals surface area contributed by atoms with Gasteiger partial charge in [0, 0.05) is 13.0 Å². The second-order valence-corrected chi connectivity index (χ2v) is 22.1. The van der Waals surface area contributed by atoms with E-state index >= 15 is 0 Å². The summed E-state index contributed by atoms with van der Waals surface area (Å²) in [6.07, 6.45) is 63.5. The Balaban J connectivity index is 4.05. The van der Waals surface area contributed by atoms with Gasteiger partial charge < -0.3 is 18.9 Å². The van der Waals surface area contributed by atoms with Gasteiger partial charge in [-0.1, -0.05) is 230 Å². The SMILES string of the molecule is CCCCC/C=C\C/C=C\CCCCCCCCCCCCOCC(COP(=O)(O)OCC[N+](C)(C)C)OC(=O)CCCCCCCCCCCCCCC/C=C\CCCCCCCCCC. The fourth-order valence-corrected chi connectivity index (χ4v) is 8.97. The maximum Gasteiger partial charge on any atom is 0.472 e. The van der Waals surface area contributed by atoms with Crippen LogP contribution in [0.5, 0.6) is 0 Å². The monoisotopic (exact) mass is 967 g/mol. The minimum Gasteiger partial charge on any atom is -0.457 e. The van der Waals surface area contributed by atoms with Crippen LogP contribution >= 0.6 is 7.82 Å². The van der Waals surface area contributed by atoms with E-state index in [1.54, 1.807) is 0 Å². The van der Waals surface area contributed by atoms with Gasteiger partial charge in [0.15, 0.2) is 0 Å². The number of likely N-dealkylation sites (N-methyl/N-ethyl adjacent to an activating group) is 1. The highest BCUT2D eigenvalue weighted by molar-refractivity contribution is 7.47. The van der Waals surface area contributed by atoms with Gasteiger partial charge in [0.05, 0.1) is 34.4 Å². The molecule has 0 aromatic heterocycles. The summed E-state index contributed by atoms with van der Waals surface area (Å²) in [5.41, 5.74) is 0. The Morgan fingerprint density at radius 1 is 0.463 bits per heavy atom. The molecule has 0 saturated heterocycles. The fraction of sp³-hybridized carbons (Fsp3) is 0.879. The molecule has 0 saturated carbocycles. The molecule has 0 heterocycles. The van der Waals surface area contributed by atoms with E-state index in [0.29, 0.717) is 24.1 Å². The van der Waals surface area contributed by atoms with Crippen molar-refractivity contribution in [3.63, 3.8) is 0 Å². The summed E-state index contributed by atoms with van der Waals surface area (Å²) in [5, 5.41) is 0. The third kappa shape index (κ3) is 55.5. The molecular formula is C58H113NO7P+. The van der Waals surface area contributed by atoms with Crippen LogP contribution in [0.1, 0.15) is 271 Å². The first-order valence-electron chi connectivity index (χ1n) is 28.7. The number of carbonyl (C=O) groups is 1. The van der Waals surface area contributed by atoms with Crippen LogP contribution in [-0.2, 0) is 27.9 Å². The number of phosphoric acid groups is 1. The Morgan fingerprint density at radius 3 is 1.25 bits per heavy atom. The molecule has 0 aromatic carbocycles. The van der Waals surface area contributed by atoms with E-state index in [0.717, 1.165) is 38.5 Å². The summed E-state index contributed by atoms with van der Waals surface area (Å²) >= 11 is 0. The van der Waals surface area contributed by atoms with Crippen molar-refractivity contribution in [2.45, 2.75) is 277 Å². The normalized spacial score (nSPS) is 13.7. The molecule has 0 rings (SSSR count). The highest BCUT2D eigenvalue weighted by Crippen LogP contribution is 2.43. The summed E-state index contributed by atoms with van der Waals surface area (Å²) in [7, 11) is 1.68. The predicted molar refractivity (Wildman–Crippen MR) is 289 cm³/mol. The lowest BCUT2D eigenvalue weighted by Gasteiger charge is -2.24. The van der Waals surface area contributed by atoms with Crippen LogP contribution in [-0.4, -0.2) is 75.6 Å². The number of quaternary nitrogens is 1. The topological polar surface area (TPSA) is 91.3 Å². The summed E-state index contributed by atoms with van der Waals surface area (Å²) < 4.78 is 35.3. The minimum absolute atomic E-state index is 0.0890. The van der Waals surface area contributed by atoms with Crippen molar-refractivity contribution < 1.29 is 37.3 Å². The van der Waals surface area contributed by atoms with Gasteiger partial charge in [-0.2, -0.15) is 0 Å². The third-order valence-corrected chi connectivity index (χ3v) is 13.7. The van der Waals surface area contributed by atoms with Crippen molar-refractivity contribution in [3.05, 3.63) is 36.5 Å². The Kier molecular flexibility index (Phi) is 50.1. The molecule has 0 bridgehead atoms. The summed E-state index contributed by atoms with van der Waals surface area (Å²) in [5.74, 6) is -0.310. The first kappa shape index (κ1) is 65.7. The van der Waals surface area contributed by atoms with Gasteiger partial charge in [-0.25, -0.2) is 4.57 Å². The molecular weight excluding hydrogens is 854 g/mol. The van der Waals surface area contributed by atoms with Gasteiger partial charge in [0.1, 0.15) is 19.3 Å². The van der Waals surface area contributed by atoms with E-state index in [-0.39, 0.29) is 25.8 Å². The number of nitrogens with zero attached hydrogens (tertiary/aromatic N) is 1. The summed E-state index contributed by atoms with van der Waals surface area (Å²) in [4.78, 5) is 23.1. The number of esters is 1. The lowest BCUT2D eigenvalue weighted by Crippen LogP contribution is -2.37. The van der Waals surface area contributed by atoms with Crippen molar-refractivity contribution in [2.75, 3.05) is 54.1 Å². The number of hydrogen-bond acceptors (Lipinski definition) is 6. The van der Waals surface area contributed by atoms with Crippen molar-refractivity contribution in [1.29, 1.82) is 0 Å². The highest BCUT2D eigenvalue weighted by atomic mass is 31.2. The highest BCUT2D eigenvalue weighted by Gasteiger charge is 2.26. The second-order valence-electron chi connectivity index (χ2n) is 20.7. The smallest absolute Gasteiger partial charge is 0.457 e. The van der Waals surface area contributed by atoms with Crippen molar-refractivity contribution in [2.24, 2.45) is 0 Å². The molecule has 2 unspecified atom stereocenters. The maximum atomic E-state index is 12.8. The molecule has 9 heteroatoms. The molecule has 67 heavy (non-hydrogen) atoms. The van der Waals surface area contributed by atoms with Crippen LogP contribution in [0.3, 0.4) is 0 Å². The largest absolute Gasteiger partial charge is 0.472 e. The first-order chi connectivity index (χ1) is 32.6. The van der Waals surface area contributed by atoms with Gasteiger partial charge in [-0.05, 0) is 70.6 Å². The zero-order valence-electron chi connectivity index (χ0n) is 45.2. The van der Waals surface area contributed by atoms with Crippen molar-refractivity contribution >= 4 is 13.8 Å². The average molecular weight is 968 g/mol. The summed E-state index contributed by atoms with van der Waals surface area (Å²) in [6.45, 7) is 5.64. The van der Waals surface area contributed by atoms with Crippen molar-refractivity contribution in [1.82, 2.24) is 0 Å². The first-order valence-corrected chi connectivity index (χ1v) is 30.2. The second kappa shape index (κ2) is 51.1. The van der Waals surface area contributed by atoms with Gasteiger partial charge in [0.2, 0.25) is 0 Å². The molecule has 8 nitrogen and oxygen atoms in total. The van der Waals surface area contributed by atoms with E-state index in [2.05, 4.69) is 50.3 Å². The van der Waals surface area contributed by atoms with E-state index < -0.39 is 13.9 Å². The van der Waals surface area contributed by atoms with Crippen LogP contribution in [0.15, 0.2) is 36.5 Å². The third-order valence-electron chi connectivity index (χ3n) is 12.7. The Bertz CT molecular complexity index is 1170. The molecule has 0 aromatic rings. The molecule has 0 aliphatic heterocycles. The number of phosphoric ester groups is 1. The minimum atomic E-state index is -4.28. The van der Waals surface area contributed by atoms with Gasteiger partial charge in [-0.15, -0.1) is 0 Å². The fourth-order valence-electron chi connectivity index (χ4n) is 8.23. The number of carbonyl (C=O) groups excluding carboxylic acids is 1. The number of allylic oxidation sites excluding steroid dienone is 6. The lowest BCUT2D eigenvalue weighted by atomic mass is 10.0. The van der Waals surface area contributed by atoms with Crippen LogP contribution in [0.2, 0.25) is 0 Å². The van der Waals surface area contributed by atoms with E-state index in [4.69, 9.17) is 18.5 Å². The van der Waals surface area contributed by atoms with E-state index in [1.807, 2.05) is 21.1 Å². The molecule has 0 fully saturated rings. The molecule has 0 radical (unpaired) electrons. The van der Waals surface area contributed by atoms with Gasteiger partial charge >= 0.3 is 13.8 Å². The summed E-state index contributed by atoms with van der Waals surface area (Å²) in [6, 6.07) is 0. The standard InChI is InChI=1S/C58H112NO7P/c1-6-8-10-12-14-16-18-20-22-24-26-28-29-30-31-32-33-35-37-39-41-43-45-47-49-51-58(60)66-57(56-65-67(61,62)64-54-52-59(3,4)5)55-63-53-50-48-46-44-42-40-38-36-34-27-25-23-21-19-17-15-13-11-9-7-2/h15,17,21,23-24,26,57H,6-14,16,18-20,22,25,27-56H2,1-5H3/p+1/b17-15-,23-21-,26-24-. The molecule has 0 spiro atoms. The molecule has 0 amide bonds. The zero-order chi connectivity index (χ0) is 49.0. The molecule has 2 atom stereocenters. The quantitative estimate of drug-likeness (QED) is 0.0213. The number of rotatable bonds is 54. The maximum absolute atomic E-state index is 12.8. The van der Waals surface area contributed by atoms with Crippen LogP contribution in [0.25, 0.3) is 0 Å². The van der Waals surface area contributed by atoms with Crippen LogP contribution in [0.4, 0.5) is 0 Å². The lowest BCUT2D eigenvalue weighted by molar-refractivity contribution is -0.870. The van der Waals surface area contributed by atoms with Crippen molar-refractivity contribution in [3.8, 4) is 0 Å². The average Bonchev–Trinajstić information content (AvgIpc) is 3.29. The molecule has 0 aliphatic rings. The molecule has 1 N–H and O–H groups in total. The molecule has 0 aliphatic carbocycles.